The van der Waals surface area contributed by atoms with Crippen molar-refractivity contribution < 1.29 is 0 Å². The van der Waals surface area contributed by atoms with Crippen LogP contribution in [0.25, 0.3) is 59.9 Å². The number of hydrogen-bond acceptors (Lipinski definition) is 5. The van der Waals surface area contributed by atoms with Gasteiger partial charge in [0.05, 0.1) is 6.04 Å². The molecule has 64 heavy (non-hydrogen) atoms. The van der Waals surface area contributed by atoms with E-state index in [0.717, 1.165) is 39.3 Å². The van der Waals surface area contributed by atoms with Crippen molar-refractivity contribution in [1.29, 1.82) is 0 Å². The van der Waals surface area contributed by atoms with Crippen LogP contribution in [0.5, 0.6) is 0 Å². The van der Waals surface area contributed by atoms with E-state index < -0.39 is 0 Å². The Morgan fingerprint density at radius 2 is 0.938 bits per heavy atom. The Balaban J connectivity index is 0.961. The Morgan fingerprint density at radius 1 is 0.359 bits per heavy atom. The molecule has 306 valence electrons. The minimum absolute atomic E-state index is 0.0190. The third-order valence-electron chi connectivity index (χ3n) is 13.0. The predicted molar refractivity (Wildman–Crippen MR) is 266 cm³/mol. The van der Waals surface area contributed by atoms with Crippen LogP contribution in [0.15, 0.2) is 229 Å². The lowest BCUT2D eigenvalue weighted by Gasteiger charge is -2.35. The lowest BCUT2D eigenvalue weighted by Crippen LogP contribution is -2.45. The van der Waals surface area contributed by atoms with E-state index >= 15 is 0 Å². The molecule has 5 heteroatoms. The van der Waals surface area contributed by atoms with Crippen LogP contribution in [0.1, 0.15) is 57.9 Å². The van der Waals surface area contributed by atoms with Gasteiger partial charge in [0.25, 0.3) is 0 Å². The van der Waals surface area contributed by atoms with Gasteiger partial charge in [-0.15, -0.1) is 0 Å². The summed E-state index contributed by atoms with van der Waals surface area (Å²) in [7, 11) is 0. The van der Waals surface area contributed by atoms with Gasteiger partial charge >= 0.3 is 0 Å². The van der Waals surface area contributed by atoms with Gasteiger partial charge in [-0.05, 0) is 88.6 Å². The Hall–Kier alpha value is -7.83. The van der Waals surface area contributed by atoms with Crippen LogP contribution in [0, 0.1) is 0 Å². The summed E-state index contributed by atoms with van der Waals surface area (Å²) in [6, 6.07) is 78.6. The highest BCUT2D eigenvalue weighted by molar-refractivity contribution is 6.16. The van der Waals surface area contributed by atoms with Gasteiger partial charge in [-0.25, -0.2) is 4.99 Å². The second kappa shape index (κ2) is 16.1. The molecular weight excluding hydrogens is 779 g/mol. The highest BCUT2D eigenvalue weighted by Gasteiger charge is 2.31. The van der Waals surface area contributed by atoms with E-state index in [2.05, 4.69) is 246 Å². The molecule has 0 aliphatic carbocycles. The highest BCUT2D eigenvalue weighted by atomic mass is 15.3. The van der Waals surface area contributed by atoms with E-state index in [9.17, 15) is 0 Å². The van der Waals surface area contributed by atoms with Gasteiger partial charge in [-0.1, -0.05) is 212 Å². The summed E-state index contributed by atoms with van der Waals surface area (Å²) in [5, 5.41) is 25.6. The summed E-state index contributed by atoms with van der Waals surface area (Å²) in [4.78, 5) is 5.26. The van der Waals surface area contributed by atoms with E-state index in [1.807, 2.05) is 0 Å². The molecule has 0 fully saturated rings. The van der Waals surface area contributed by atoms with E-state index in [-0.39, 0.29) is 24.5 Å². The maximum absolute atomic E-state index is 5.26. The topological polar surface area (TPSA) is 60.5 Å². The number of hydrogen-bond donors (Lipinski definition) is 4. The van der Waals surface area contributed by atoms with E-state index in [4.69, 9.17) is 4.99 Å². The van der Waals surface area contributed by atoms with Crippen molar-refractivity contribution in [2.45, 2.75) is 24.5 Å². The summed E-state index contributed by atoms with van der Waals surface area (Å²) in [6.07, 6.45) is 1.67. The first-order chi connectivity index (χ1) is 31.7. The third kappa shape index (κ3) is 6.88. The maximum Gasteiger partial charge on any atom is 0.131 e. The minimum Gasteiger partial charge on any atom is -0.366 e. The predicted octanol–water partition coefficient (Wildman–Crippen LogP) is 13.3. The highest BCUT2D eigenvalue weighted by Crippen LogP contribution is 2.43. The Morgan fingerprint density at radius 3 is 1.69 bits per heavy atom. The van der Waals surface area contributed by atoms with Crippen molar-refractivity contribution in [3.8, 4) is 11.1 Å². The molecule has 10 aromatic carbocycles. The molecule has 4 N–H and O–H groups in total. The van der Waals surface area contributed by atoms with Gasteiger partial charge in [-0.3, -0.25) is 10.6 Å². The minimum atomic E-state index is -0.261. The number of benzene rings is 10. The molecule has 12 rings (SSSR count). The Kier molecular flexibility index (Phi) is 9.55. The summed E-state index contributed by atoms with van der Waals surface area (Å²) in [5.41, 5.74) is 10.4. The fourth-order valence-electron chi connectivity index (χ4n) is 9.91. The summed E-state index contributed by atoms with van der Waals surface area (Å²) in [6.45, 7) is 0. The normalized spacial score (nSPS) is 18.6. The zero-order chi connectivity index (χ0) is 42.4. The molecular formula is C59H45N5. The molecule has 2 heterocycles. The molecule has 4 unspecified atom stereocenters. The smallest absolute Gasteiger partial charge is 0.131 e. The lowest BCUT2D eigenvalue weighted by atomic mass is 9.86. The standard InChI is InChI=1S/C59H45N5/c1-4-17-39(18-5-1)52-37-53(45-34-35-47-44(36-45)33-28-38-16-10-11-23-46(38)47)61-56(60-52)43-31-29-40(30-32-43)54-50-26-14-12-24-48(50)49-25-13-15-27-51(49)55(54)59-63-57(41-19-6-2-7-20-41)62-58(64-59)42-21-8-3-9-22-42/h1-37,53,56-57,59-61,63H,(H,62,64). The van der Waals surface area contributed by atoms with Crippen molar-refractivity contribution in [3.05, 3.63) is 258 Å². The van der Waals surface area contributed by atoms with E-state index in [1.54, 1.807) is 0 Å². The van der Waals surface area contributed by atoms with Crippen LogP contribution in [-0.2, 0) is 0 Å². The van der Waals surface area contributed by atoms with E-state index in [0.29, 0.717) is 0 Å². The monoisotopic (exact) mass is 823 g/mol. The molecule has 0 spiro atoms. The van der Waals surface area contributed by atoms with Crippen molar-refractivity contribution in [2.24, 2.45) is 4.99 Å². The van der Waals surface area contributed by atoms with Crippen LogP contribution in [0.3, 0.4) is 0 Å². The van der Waals surface area contributed by atoms with Crippen molar-refractivity contribution in [3.63, 3.8) is 0 Å². The first-order valence-electron chi connectivity index (χ1n) is 22.2. The molecule has 0 saturated heterocycles. The van der Waals surface area contributed by atoms with Gasteiger partial charge in [0, 0.05) is 16.8 Å². The van der Waals surface area contributed by atoms with E-state index in [1.165, 1.54) is 59.8 Å². The van der Waals surface area contributed by atoms with Crippen LogP contribution in [0.4, 0.5) is 0 Å². The number of nitrogens with zero attached hydrogens (tertiary/aromatic N) is 1. The summed E-state index contributed by atoms with van der Waals surface area (Å²) in [5.74, 6) is 0.864. The first-order valence-corrected chi connectivity index (χ1v) is 22.2. The first kappa shape index (κ1) is 37.9. The van der Waals surface area contributed by atoms with Crippen molar-refractivity contribution >= 4 is 54.6 Å². The number of aliphatic imine (C=N–C) groups is 1. The second-order valence-electron chi connectivity index (χ2n) is 16.8. The molecule has 10 aromatic rings. The largest absolute Gasteiger partial charge is 0.366 e. The van der Waals surface area contributed by atoms with Gasteiger partial charge in [-0.2, -0.15) is 0 Å². The van der Waals surface area contributed by atoms with Crippen LogP contribution in [-0.4, -0.2) is 5.84 Å². The molecule has 0 amide bonds. The fourth-order valence-corrected chi connectivity index (χ4v) is 9.91. The quantitative estimate of drug-likeness (QED) is 0.121. The van der Waals surface area contributed by atoms with Gasteiger partial charge < -0.3 is 10.6 Å². The summed E-state index contributed by atoms with van der Waals surface area (Å²) >= 11 is 0. The zero-order valence-electron chi connectivity index (χ0n) is 35.1. The molecule has 0 bridgehead atoms. The van der Waals surface area contributed by atoms with Gasteiger partial charge in [0.15, 0.2) is 0 Å². The van der Waals surface area contributed by atoms with Crippen LogP contribution < -0.4 is 21.3 Å². The van der Waals surface area contributed by atoms with Crippen molar-refractivity contribution in [2.75, 3.05) is 0 Å². The third-order valence-corrected chi connectivity index (χ3v) is 13.0. The molecule has 2 aliphatic rings. The molecule has 0 aromatic heterocycles. The number of nitrogens with one attached hydrogen (secondary N) is 4. The fraction of sp³-hybridized carbons (Fsp3) is 0.0678. The number of amidine groups is 1. The average molecular weight is 824 g/mol. The van der Waals surface area contributed by atoms with Gasteiger partial charge in [0.2, 0.25) is 0 Å². The number of rotatable bonds is 7. The Labute approximate surface area is 372 Å². The zero-order valence-corrected chi connectivity index (χ0v) is 35.1. The lowest BCUT2D eigenvalue weighted by molar-refractivity contribution is 0.412. The molecule has 2 aliphatic heterocycles. The molecule has 0 radical (unpaired) electrons. The van der Waals surface area contributed by atoms with Crippen LogP contribution >= 0.6 is 0 Å². The average Bonchev–Trinajstić information content (AvgIpc) is 3.38. The number of fused-ring (bicyclic) bond motifs is 6. The second-order valence-corrected chi connectivity index (χ2v) is 16.8. The van der Waals surface area contributed by atoms with Crippen LogP contribution in [0.2, 0.25) is 0 Å². The van der Waals surface area contributed by atoms with Crippen molar-refractivity contribution in [1.82, 2.24) is 21.3 Å². The SMILES string of the molecule is C1=C(c2ccccc2)NC(c2ccc(-c3c(C4NC(c5ccccc5)=NC(c5ccccc5)N4)c4ccccc4c4ccccc34)cc2)NC1c1ccc2c(ccc3ccccc32)c1. The molecule has 0 saturated carbocycles. The molecule has 5 nitrogen and oxygen atoms in total. The van der Waals surface area contributed by atoms with Gasteiger partial charge in [0.1, 0.15) is 24.3 Å². The maximum atomic E-state index is 5.26. The Bertz CT molecular complexity index is 3400. The summed E-state index contributed by atoms with van der Waals surface area (Å²) < 4.78 is 0. The molecule has 4 atom stereocenters.